The highest BCUT2D eigenvalue weighted by atomic mass is 16.5. The van der Waals surface area contributed by atoms with E-state index in [1.807, 2.05) is 18.2 Å². The number of fused-ring (bicyclic) bond motifs is 2. The number of nitrogens with two attached hydrogens (primary N) is 1. The number of rotatable bonds is 1. The van der Waals surface area contributed by atoms with Gasteiger partial charge in [0.05, 0.1) is 18.2 Å². The van der Waals surface area contributed by atoms with E-state index in [2.05, 4.69) is 5.32 Å². The summed E-state index contributed by atoms with van der Waals surface area (Å²) in [5.74, 6) is 0.714. The highest BCUT2D eigenvalue weighted by molar-refractivity contribution is 6.10. The smallest absolute Gasteiger partial charge is 0.236 e. The standard InChI is InChI=1S/C11H12N2O2/c1-15-7-4-2-3-6-9(7)13-10(14)11(6)5-8(11)12/h2-4,8H,5,12H2,1H3,(H,13,14). The lowest BCUT2D eigenvalue weighted by Gasteiger charge is -2.07. The van der Waals surface area contributed by atoms with Crippen LogP contribution in [0.5, 0.6) is 5.75 Å². The van der Waals surface area contributed by atoms with Crippen LogP contribution < -0.4 is 15.8 Å². The SMILES string of the molecule is COc1cccc2c1NC(=O)C21CC1N. The molecule has 0 radical (unpaired) electrons. The molecule has 4 heteroatoms. The van der Waals surface area contributed by atoms with Crippen LogP contribution in [0.25, 0.3) is 0 Å². The molecule has 0 saturated heterocycles. The zero-order valence-electron chi connectivity index (χ0n) is 8.41. The first-order chi connectivity index (χ1) is 7.20. The predicted octanol–water partition coefficient (Wildman–Crippen LogP) is 0.616. The number of para-hydroxylation sites is 1. The van der Waals surface area contributed by atoms with Gasteiger partial charge in [-0.25, -0.2) is 0 Å². The highest BCUT2D eigenvalue weighted by Gasteiger charge is 2.63. The van der Waals surface area contributed by atoms with Gasteiger partial charge in [-0.15, -0.1) is 0 Å². The Morgan fingerprint density at radius 1 is 1.60 bits per heavy atom. The molecule has 2 aliphatic rings. The Morgan fingerprint density at radius 2 is 2.33 bits per heavy atom. The molecule has 4 nitrogen and oxygen atoms in total. The predicted molar refractivity (Wildman–Crippen MR) is 55.9 cm³/mol. The molecule has 3 N–H and O–H groups in total. The van der Waals surface area contributed by atoms with Crippen LogP contribution in [0.1, 0.15) is 12.0 Å². The molecule has 1 spiro atoms. The Balaban J connectivity index is 2.20. The Bertz CT molecular complexity index is 458. The van der Waals surface area contributed by atoms with E-state index in [0.29, 0.717) is 5.75 Å². The van der Waals surface area contributed by atoms with Crippen LogP contribution in [-0.4, -0.2) is 19.1 Å². The van der Waals surface area contributed by atoms with Crippen molar-refractivity contribution in [3.63, 3.8) is 0 Å². The summed E-state index contributed by atoms with van der Waals surface area (Å²) in [5.41, 5.74) is 7.16. The van der Waals surface area contributed by atoms with Gasteiger partial charge in [-0.05, 0) is 18.1 Å². The van der Waals surface area contributed by atoms with Gasteiger partial charge in [-0.3, -0.25) is 4.79 Å². The molecule has 1 aliphatic carbocycles. The van der Waals surface area contributed by atoms with Crippen molar-refractivity contribution in [2.75, 3.05) is 12.4 Å². The van der Waals surface area contributed by atoms with Crippen molar-refractivity contribution in [2.45, 2.75) is 17.9 Å². The number of hydrogen-bond donors (Lipinski definition) is 2. The minimum Gasteiger partial charge on any atom is -0.495 e. The van der Waals surface area contributed by atoms with E-state index in [1.54, 1.807) is 7.11 Å². The summed E-state index contributed by atoms with van der Waals surface area (Å²) < 4.78 is 5.21. The summed E-state index contributed by atoms with van der Waals surface area (Å²) in [6.45, 7) is 0. The Kier molecular flexibility index (Phi) is 1.47. The minimum absolute atomic E-state index is 0.00880. The summed E-state index contributed by atoms with van der Waals surface area (Å²) in [6, 6.07) is 5.63. The van der Waals surface area contributed by atoms with Crippen molar-refractivity contribution < 1.29 is 9.53 Å². The minimum atomic E-state index is -0.468. The summed E-state index contributed by atoms with van der Waals surface area (Å²) in [7, 11) is 1.60. The summed E-state index contributed by atoms with van der Waals surface area (Å²) in [4.78, 5) is 11.8. The van der Waals surface area contributed by atoms with Crippen LogP contribution >= 0.6 is 0 Å². The molecule has 2 unspecified atom stereocenters. The molecule has 15 heavy (non-hydrogen) atoms. The first-order valence-corrected chi connectivity index (χ1v) is 4.94. The molecule has 2 atom stereocenters. The molecule has 1 saturated carbocycles. The van der Waals surface area contributed by atoms with Gasteiger partial charge < -0.3 is 15.8 Å². The molecule has 0 aromatic heterocycles. The quantitative estimate of drug-likeness (QED) is 0.704. The van der Waals surface area contributed by atoms with Crippen LogP contribution in [0.15, 0.2) is 18.2 Å². The lowest BCUT2D eigenvalue weighted by molar-refractivity contribution is -0.118. The number of carbonyl (C=O) groups is 1. The van der Waals surface area contributed by atoms with Crippen molar-refractivity contribution in [1.82, 2.24) is 0 Å². The van der Waals surface area contributed by atoms with Gasteiger partial charge in [0, 0.05) is 6.04 Å². The fraction of sp³-hybridized carbons (Fsp3) is 0.364. The monoisotopic (exact) mass is 204 g/mol. The third kappa shape index (κ3) is 0.874. The number of anilines is 1. The average Bonchev–Trinajstić information content (AvgIpc) is 2.82. The van der Waals surface area contributed by atoms with E-state index >= 15 is 0 Å². The summed E-state index contributed by atoms with van der Waals surface area (Å²) >= 11 is 0. The number of methoxy groups -OCH3 is 1. The molecule has 0 bridgehead atoms. The van der Waals surface area contributed by atoms with Crippen LogP contribution in [0, 0.1) is 0 Å². The second kappa shape index (κ2) is 2.52. The third-order valence-corrected chi connectivity index (χ3v) is 3.39. The normalized spacial score (nSPS) is 31.3. The first kappa shape index (κ1) is 8.73. The molecule has 1 aromatic rings. The van der Waals surface area contributed by atoms with E-state index < -0.39 is 5.41 Å². The zero-order chi connectivity index (χ0) is 10.6. The lowest BCUT2D eigenvalue weighted by Crippen LogP contribution is -2.26. The Labute approximate surface area is 87.4 Å². The second-order valence-electron chi connectivity index (χ2n) is 4.12. The lowest BCUT2D eigenvalue weighted by atomic mass is 9.97. The van der Waals surface area contributed by atoms with Crippen LogP contribution in [-0.2, 0) is 10.2 Å². The molecule has 1 fully saturated rings. The number of nitrogens with one attached hydrogen (secondary N) is 1. The number of ether oxygens (including phenoxy) is 1. The number of benzene rings is 1. The van der Waals surface area contributed by atoms with Gasteiger partial charge in [0.2, 0.25) is 5.91 Å². The molecular weight excluding hydrogens is 192 g/mol. The zero-order valence-corrected chi connectivity index (χ0v) is 8.41. The van der Waals surface area contributed by atoms with Crippen LogP contribution in [0.3, 0.4) is 0 Å². The summed E-state index contributed by atoms with van der Waals surface area (Å²) in [5, 5.41) is 2.86. The van der Waals surface area contributed by atoms with Crippen molar-refractivity contribution in [1.29, 1.82) is 0 Å². The van der Waals surface area contributed by atoms with Crippen molar-refractivity contribution in [3.05, 3.63) is 23.8 Å². The van der Waals surface area contributed by atoms with E-state index in [9.17, 15) is 4.79 Å². The van der Waals surface area contributed by atoms with Gasteiger partial charge in [0.15, 0.2) is 0 Å². The van der Waals surface area contributed by atoms with Crippen molar-refractivity contribution in [2.24, 2.45) is 5.73 Å². The Hall–Kier alpha value is -1.55. The fourth-order valence-electron chi connectivity index (χ4n) is 2.41. The highest BCUT2D eigenvalue weighted by Crippen LogP contribution is 2.56. The maximum Gasteiger partial charge on any atom is 0.236 e. The van der Waals surface area contributed by atoms with Crippen LogP contribution in [0.2, 0.25) is 0 Å². The summed E-state index contributed by atoms with van der Waals surface area (Å²) in [6.07, 6.45) is 0.735. The maximum absolute atomic E-state index is 11.8. The third-order valence-electron chi connectivity index (χ3n) is 3.39. The van der Waals surface area contributed by atoms with Gasteiger partial charge >= 0.3 is 0 Å². The number of hydrogen-bond acceptors (Lipinski definition) is 3. The number of amides is 1. The first-order valence-electron chi connectivity index (χ1n) is 4.94. The van der Waals surface area contributed by atoms with E-state index in [4.69, 9.17) is 10.5 Å². The molecule has 78 valence electrons. The van der Waals surface area contributed by atoms with Gasteiger partial charge in [-0.1, -0.05) is 12.1 Å². The Morgan fingerprint density at radius 3 is 2.93 bits per heavy atom. The van der Waals surface area contributed by atoms with Crippen molar-refractivity contribution in [3.8, 4) is 5.75 Å². The van der Waals surface area contributed by atoms with Gasteiger partial charge in [0.1, 0.15) is 5.75 Å². The number of carbonyl (C=O) groups excluding carboxylic acids is 1. The molecule has 3 rings (SSSR count). The molecule has 1 heterocycles. The van der Waals surface area contributed by atoms with E-state index in [-0.39, 0.29) is 11.9 Å². The molecule has 1 aromatic carbocycles. The van der Waals surface area contributed by atoms with Gasteiger partial charge in [0.25, 0.3) is 0 Å². The molecule has 1 amide bonds. The average molecular weight is 204 g/mol. The van der Waals surface area contributed by atoms with E-state index in [0.717, 1.165) is 17.7 Å². The molecule has 1 aliphatic heterocycles. The topological polar surface area (TPSA) is 64.3 Å². The largest absolute Gasteiger partial charge is 0.495 e. The maximum atomic E-state index is 11.8. The molecular formula is C11H12N2O2. The second-order valence-corrected chi connectivity index (χ2v) is 4.12. The van der Waals surface area contributed by atoms with Gasteiger partial charge in [-0.2, -0.15) is 0 Å². The van der Waals surface area contributed by atoms with Crippen molar-refractivity contribution >= 4 is 11.6 Å². The van der Waals surface area contributed by atoms with Crippen LogP contribution in [0.4, 0.5) is 5.69 Å². The van der Waals surface area contributed by atoms with E-state index in [1.165, 1.54) is 0 Å². The fourth-order valence-corrected chi connectivity index (χ4v) is 2.41.